The van der Waals surface area contributed by atoms with Gasteiger partial charge in [0.05, 0.1) is 11.4 Å². The molecule has 2 heterocycles. The van der Waals surface area contributed by atoms with Crippen molar-refractivity contribution in [3.63, 3.8) is 0 Å². The Morgan fingerprint density at radius 1 is 1.47 bits per heavy atom. The quantitative estimate of drug-likeness (QED) is 0.666. The van der Waals surface area contributed by atoms with Crippen LogP contribution in [-0.2, 0) is 14.8 Å². The van der Waals surface area contributed by atoms with Gasteiger partial charge < -0.3 is 0 Å². The van der Waals surface area contributed by atoms with Crippen molar-refractivity contribution in [2.75, 3.05) is 11.4 Å². The zero-order valence-corrected chi connectivity index (χ0v) is 9.29. The molecular formula is C10H12N2O2S. The molecule has 1 aromatic heterocycles. The highest BCUT2D eigenvalue weighted by atomic mass is 32.2. The highest BCUT2D eigenvalue weighted by molar-refractivity contribution is 7.94. The standard InChI is InChI=1S/C10H12N2O2S/c1-12-8-4-2-7-11-9(8)10(5-3-6-10)15(12,13)14/h2,4,7H,3,5-6H2,1H3. The van der Waals surface area contributed by atoms with Gasteiger partial charge in [0.25, 0.3) is 0 Å². The van der Waals surface area contributed by atoms with Crippen LogP contribution in [0, 0.1) is 0 Å². The summed E-state index contributed by atoms with van der Waals surface area (Å²) in [4.78, 5) is 4.26. The second kappa shape index (κ2) is 2.52. The van der Waals surface area contributed by atoms with Crippen LogP contribution in [0.3, 0.4) is 0 Å². The molecule has 2 aliphatic rings. The summed E-state index contributed by atoms with van der Waals surface area (Å²) >= 11 is 0. The number of rotatable bonds is 0. The van der Waals surface area contributed by atoms with E-state index in [0.29, 0.717) is 12.8 Å². The van der Waals surface area contributed by atoms with E-state index in [1.165, 1.54) is 4.31 Å². The van der Waals surface area contributed by atoms with Gasteiger partial charge in [0.15, 0.2) is 0 Å². The molecule has 0 aromatic carbocycles. The first kappa shape index (κ1) is 9.15. The molecule has 0 bridgehead atoms. The van der Waals surface area contributed by atoms with Crippen LogP contribution in [0.15, 0.2) is 18.3 Å². The molecule has 0 atom stereocenters. The number of anilines is 1. The van der Waals surface area contributed by atoms with E-state index in [-0.39, 0.29) is 0 Å². The number of hydrogen-bond donors (Lipinski definition) is 0. The Morgan fingerprint density at radius 3 is 2.80 bits per heavy atom. The Hall–Kier alpha value is -1.10. The molecule has 1 aliphatic heterocycles. The smallest absolute Gasteiger partial charge is 0.246 e. The Kier molecular flexibility index (Phi) is 1.54. The molecule has 5 heteroatoms. The molecule has 1 saturated carbocycles. The molecule has 0 saturated heterocycles. The van der Waals surface area contributed by atoms with E-state index < -0.39 is 14.8 Å². The summed E-state index contributed by atoms with van der Waals surface area (Å²) in [6, 6.07) is 3.61. The van der Waals surface area contributed by atoms with E-state index in [4.69, 9.17) is 0 Å². The van der Waals surface area contributed by atoms with Gasteiger partial charge in [-0.25, -0.2) is 8.42 Å². The Labute approximate surface area is 89.0 Å². The number of hydrogen-bond acceptors (Lipinski definition) is 3. The average Bonchev–Trinajstić information content (AvgIpc) is 2.32. The number of fused-ring (bicyclic) bond motifs is 2. The molecule has 0 amide bonds. The van der Waals surface area contributed by atoms with E-state index in [9.17, 15) is 8.42 Å². The molecule has 3 rings (SSSR count). The van der Waals surface area contributed by atoms with Crippen LogP contribution < -0.4 is 4.31 Å². The van der Waals surface area contributed by atoms with Crippen LogP contribution in [-0.4, -0.2) is 20.4 Å². The van der Waals surface area contributed by atoms with Gasteiger partial charge in [-0.05, 0) is 31.4 Å². The lowest BCUT2D eigenvalue weighted by Gasteiger charge is -2.36. The van der Waals surface area contributed by atoms with Crippen LogP contribution >= 0.6 is 0 Å². The van der Waals surface area contributed by atoms with Gasteiger partial charge >= 0.3 is 0 Å². The second-order valence-corrected chi connectivity index (χ2v) is 6.47. The fourth-order valence-electron chi connectivity index (χ4n) is 2.51. The van der Waals surface area contributed by atoms with Crippen LogP contribution in [0.5, 0.6) is 0 Å². The molecule has 15 heavy (non-hydrogen) atoms. The zero-order chi connectivity index (χ0) is 10.7. The number of nitrogens with zero attached hydrogens (tertiary/aromatic N) is 2. The summed E-state index contributed by atoms with van der Waals surface area (Å²) in [5, 5.41) is 0. The third-order valence-corrected chi connectivity index (χ3v) is 6.08. The van der Waals surface area contributed by atoms with Crippen LogP contribution in [0.2, 0.25) is 0 Å². The van der Waals surface area contributed by atoms with Gasteiger partial charge in [0.2, 0.25) is 10.0 Å². The maximum Gasteiger partial charge on any atom is 0.246 e. The monoisotopic (exact) mass is 224 g/mol. The van der Waals surface area contributed by atoms with Gasteiger partial charge in [-0.3, -0.25) is 9.29 Å². The summed E-state index contributed by atoms with van der Waals surface area (Å²) in [7, 11) is -1.60. The van der Waals surface area contributed by atoms with Crippen LogP contribution in [0.4, 0.5) is 5.69 Å². The average molecular weight is 224 g/mol. The van der Waals surface area contributed by atoms with Gasteiger partial charge in [-0.1, -0.05) is 0 Å². The van der Waals surface area contributed by atoms with Crippen molar-refractivity contribution in [3.05, 3.63) is 24.0 Å². The molecule has 0 N–H and O–H groups in total. The minimum Gasteiger partial charge on any atom is -0.271 e. The SMILES string of the molecule is CN1c2cccnc2C2(CCC2)S1(=O)=O. The minimum absolute atomic E-state index is 0.696. The van der Waals surface area contributed by atoms with E-state index in [2.05, 4.69) is 4.98 Å². The summed E-state index contributed by atoms with van der Waals surface area (Å²) < 4.78 is 25.2. The molecule has 1 fully saturated rings. The molecule has 80 valence electrons. The van der Waals surface area contributed by atoms with Crippen molar-refractivity contribution in [1.82, 2.24) is 4.98 Å². The minimum atomic E-state index is -3.22. The molecular weight excluding hydrogens is 212 g/mol. The molecule has 1 spiro atoms. The summed E-state index contributed by atoms with van der Waals surface area (Å²) in [5.74, 6) is 0. The van der Waals surface area contributed by atoms with Crippen molar-refractivity contribution >= 4 is 15.7 Å². The second-order valence-electron chi connectivity index (χ2n) is 4.19. The Bertz CT molecular complexity index is 520. The van der Waals surface area contributed by atoms with Gasteiger partial charge in [-0.15, -0.1) is 0 Å². The normalized spacial score (nSPS) is 25.0. The Balaban J connectivity index is 2.33. The fraction of sp³-hybridized carbons (Fsp3) is 0.500. The maximum absolute atomic E-state index is 12.2. The largest absolute Gasteiger partial charge is 0.271 e. The van der Waals surface area contributed by atoms with Gasteiger partial charge in [-0.2, -0.15) is 0 Å². The first-order chi connectivity index (χ1) is 7.09. The predicted molar refractivity (Wildman–Crippen MR) is 57.1 cm³/mol. The van der Waals surface area contributed by atoms with E-state index in [0.717, 1.165) is 17.8 Å². The van der Waals surface area contributed by atoms with E-state index >= 15 is 0 Å². The van der Waals surface area contributed by atoms with Gasteiger partial charge in [0.1, 0.15) is 4.75 Å². The number of sulfonamides is 1. The summed E-state index contributed by atoms with van der Waals surface area (Å²) in [5.41, 5.74) is 1.50. The summed E-state index contributed by atoms with van der Waals surface area (Å²) in [6.07, 6.45) is 4.07. The molecule has 4 nitrogen and oxygen atoms in total. The lowest BCUT2D eigenvalue weighted by atomic mass is 9.81. The Morgan fingerprint density at radius 2 is 2.20 bits per heavy atom. The third-order valence-electron chi connectivity index (χ3n) is 3.57. The fourth-order valence-corrected chi connectivity index (χ4v) is 4.65. The maximum atomic E-state index is 12.2. The van der Waals surface area contributed by atoms with Crippen molar-refractivity contribution < 1.29 is 8.42 Å². The zero-order valence-electron chi connectivity index (χ0n) is 8.47. The first-order valence-corrected chi connectivity index (χ1v) is 6.48. The van der Waals surface area contributed by atoms with Crippen LogP contribution in [0.1, 0.15) is 25.0 Å². The number of aromatic nitrogens is 1. The molecule has 1 aliphatic carbocycles. The number of pyridine rings is 1. The molecule has 0 radical (unpaired) electrons. The lowest BCUT2D eigenvalue weighted by molar-refractivity contribution is 0.344. The van der Waals surface area contributed by atoms with Crippen molar-refractivity contribution in [1.29, 1.82) is 0 Å². The van der Waals surface area contributed by atoms with Crippen LogP contribution in [0.25, 0.3) is 0 Å². The highest BCUT2D eigenvalue weighted by Crippen LogP contribution is 2.56. The molecule has 0 unspecified atom stereocenters. The van der Waals surface area contributed by atoms with E-state index in [1.807, 2.05) is 6.07 Å². The van der Waals surface area contributed by atoms with Crippen molar-refractivity contribution in [2.45, 2.75) is 24.0 Å². The van der Waals surface area contributed by atoms with Crippen molar-refractivity contribution in [3.8, 4) is 0 Å². The van der Waals surface area contributed by atoms with Crippen molar-refractivity contribution in [2.24, 2.45) is 0 Å². The first-order valence-electron chi connectivity index (χ1n) is 5.04. The highest BCUT2D eigenvalue weighted by Gasteiger charge is 2.59. The molecule has 1 aromatic rings. The lowest BCUT2D eigenvalue weighted by Crippen LogP contribution is -2.43. The van der Waals surface area contributed by atoms with Gasteiger partial charge in [0, 0.05) is 13.2 Å². The summed E-state index contributed by atoms with van der Waals surface area (Å²) in [6.45, 7) is 0. The predicted octanol–water partition coefficient (Wildman–Crippen LogP) is 1.24. The third kappa shape index (κ3) is 0.833. The topological polar surface area (TPSA) is 50.3 Å². The van der Waals surface area contributed by atoms with E-state index in [1.54, 1.807) is 19.3 Å².